The maximum absolute atomic E-state index is 13.7. The summed E-state index contributed by atoms with van der Waals surface area (Å²) in [5.74, 6) is -0.461. The molecule has 0 amide bonds. The van der Waals surface area contributed by atoms with Crippen molar-refractivity contribution in [2.24, 2.45) is 0 Å². The molecule has 0 saturated carbocycles. The lowest BCUT2D eigenvalue weighted by Gasteiger charge is -2.16. The first-order chi connectivity index (χ1) is 27.1. The van der Waals surface area contributed by atoms with Crippen LogP contribution in [0.2, 0.25) is 0 Å². The van der Waals surface area contributed by atoms with Crippen molar-refractivity contribution in [2.45, 2.75) is 46.3 Å². The third kappa shape index (κ3) is 9.96. The molecule has 56 heavy (non-hydrogen) atoms. The van der Waals surface area contributed by atoms with Gasteiger partial charge in [0.15, 0.2) is 0 Å². The number of alkyl halides is 3. The van der Waals surface area contributed by atoms with Gasteiger partial charge in [-0.2, -0.15) is 13.2 Å². The molecule has 2 aromatic heterocycles. The van der Waals surface area contributed by atoms with Crippen molar-refractivity contribution in [3.05, 3.63) is 130 Å². The van der Waals surface area contributed by atoms with Gasteiger partial charge in [0.1, 0.15) is 30.5 Å². The summed E-state index contributed by atoms with van der Waals surface area (Å²) in [4.78, 5) is 1.28. The monoisotopic (exact) mass is 787 g/mol. The number of rotatable bonds is 19. The van der Waals surface area contributed by atoms with Crippen molar-refractivity contribution >= 4 is 39.4 Å². The number of benzene rings is 4. The fourth-order valence-corrected chi connectivity index (χ4v) is 7.39. The van der Waals surface area contributed by atoms with Gasteiger partial charge in [-0.15, -0.1) is 11.3 Å². The molecule has 0 spiro atoms. The summed E-state index contributed by atoms with van der Waals surface area (Å²) in [5.41, 5.74) is 6.25. The van der Waals surface area contributed by atoms with E-state index in [4.69, 9.17) is 14.9 Å². The van der Waals surface area contributed by atoms with Gasteiger partial charge in [0.2, 0.25) is 0 Å². The molecule has 0 unspecified atom stereocenters. The largest absolute Gasteiger partial charge is 0.489 e. The predicted molar refractivity (Wildman–Crippen MR) is 216 cm³/mol. The van der Waals surface area contributed by atoms with E-state index in [9.17, 15) is 22.7 Å². The standard InChI is InChI=1S/C43H45F4N5O3S/c1-3-52-39-10-5-29(17-36(39)35-8-6-32(20-40(35)52)42-16-28(2)27-56-42)22-49-12-13-50-23-31(21-48)26-54-34-7-11-41(33(19-34)24-51-14-15-53)55-25-30-4-9-38(44)37(18-30)43(45,46)47/h4-11,16-21,23,27,48-51,53H,3,12-15,22,24-26H2,1-2H3/b31-23+,48-21?. The van der Waals surface area contributed by atoms with Crippen molar-refractivity contribution in [3.63, 3.8) is 0 Å². The number of ether oxygens (including phenoxy) is 2. The third-order valence-corrected chi connectivity index (χ3v) is 10.4. The number of thiophene rings is 1. The first-order valence-corrected chi connectivity index (χ1v) is 19.3. The number of aromatic nitrogens is 1. The van der Waals surface area contributed by atoms with Crippen molar-refractivity contribution in [3.8, 4) is 21.9 Å². The zero-order chi connectivity index (χ0) is 39.7. The maximum atomic E-state index is 13.7. The molecule has 6 aromatic rings. The van der Waals surface area contributed by atoms with Crippen molar-refractivity contribution in [1.29, 1.82) is 5.41 Å². The van der Waals surface area contributed by atoms with Crippen molar-refractivity contribution in [2.75, 3.05) is 32.8 Å². The number of halogens is 4. The molecule has 6 rings (SSSR count). The number of aliphatic hydroxyl groups is 1. The molecule has 2 heterocycles. The number of hydrogen-bond donors (Lipinski definition) is 5. The Morgan fingerprint density at radius 2 is 1.70 bits per heavy atom. The van der Waals surface area contributed by atoms with E-state index in [1.165, 1.54) is 55.7 Å². The van der Waals surface area contributed by atoms with Gasteiger partial charge in [-0.1, -0.05) is 24.3 Å². The Kier molecular flexibility index (Phi) is 13.4. The van der Waals surface area contributed by atoms with Crippen LogP contribution in [0.3, 0.4) is 0 Å². The fraction of sp³-hybridized carbons (Fsp3) is 0.279. The summed E-state index contributed by atoms with van der Waals surface area (Å²) in [5, 5.41) is 31.6. The number of nitrogens with zero attached hydrogens (tertiary/aromatic N) is 1. The molecule has 5 N–H and O–H groups in total. The zero-order valence-corrected chi connectivity index (χ0v) is 32.0. The average Bonchev–Trinajstić information content (AvgIpc) is 3.77. The second-order valence-electron chi connectivity index (χ2n) is 13.4. The quantitative estimate of drug-likeness (QED) is 0.0319. The lowest BCUT2D eigenvalue weighted by atomic mass is 10.1. The van der Waals surface area contributed by atoms with Crippen LogP contribution in [0.1, 0.15) is 34.7 Å². The number of fused-ring (bicyclic) bond motifs is 3. The van der Waals surface area contributed by atoms with E-state index in [1.807, 2.05) is 0 Å². The van der Waals surface area contributed by atoms with Crippen molar-refractivity contribution in [1.82, 2.24) is 20.5 Å². The van der Waals surface area contributed by atoms with Crippen LogP contribution in [-0.4, -0.2) is 48.7 Å². The summed E-state index contributed by atoms with van der Waals surface area (Å²) in [6.45, 7) is 7.65. The summed E-state index contributed by atoms with van der Waals surface area (Å²) in [6, 6.07) is 23.4. The molecular weight excluding hydrogens is 743 g/mol. The van der Waals surface area contributed by atoms with E-state index in [1.54, 1.807) is 35.7 Å². The number of nitrogens with one attached hydrogen (secondary N) is 4. The van der Waals surface area contributed by atoms with E-state index in [-0.39, 0.29) is 25.4 Å². The minimum absolute atomic E-state index is 0.0869. The smallest absolute Gasteiger partial charge is 0.419 e. The fourth-order valence-electron chi connectivity index (χ4n) is 6.49. The molecular formula is C43H45F4N5O3S. The normalized spacial score (nSPS) is 12.1. The van der Waals surface area contributed by atoms with Crippen LogP contribution in [0, 0.1) is 18.2 Å². The molecule has 0 atom stereocenters. The van der Waals surface area contributed by atoms with Gasteiger partial charge < -0.3 is 40.5 Å². The number of aliphatic hydroxyl groups excluding tert-OH is 1. The molecule has 0 aliphatic heterocycles. The second kappa shape index (κ2) is 18.6. The second-order valence-corrected chi connectivity index (χ2v) is 14.3. The molecule has 0 aliphatic carbocycles. The van der Waals surface area contributed by atoms with Gasteiger partial charge in [0.05, 0.1) is 12.2 Å². The minimum atomic E-state index is -4.82. The Hall–Kier alpha value is -5.21. The topological polar surface area (TPSA) is 104 Å². The molecule has 8 nitrogen and oxygen atoms in total. The Labute approximate surface area is 327 Å². The SMILES string of the molecule is CCn1c2ccc(CNCCN/C=C(\C=N)COc3ccc(OCc4ccc(F)c(C(F)(F)F)c4)c(CNCCO)c3)cc2c2ccc(-c3cc(C)cs3)cc21. The molecule has 0 fully saturated rings. The van der Waals surface area contributed by atoms with Crippen LogP contribution in [0.15, 0.2) is 96.0 Å². The Balaban J connectivity index is 1.01. The third-order valence-electron chi connectivity index (χ3n) is 9.28. The summed E-state index contributed by atoms with van der Waals surface area (Å²) < 4.78 is 67.5. The van der Waals surface area contributed by atoms with Gasteiger partial charge in [-0.3, -0.25) is 0 Å². The van der Waals surface area contributed by atoms with Crippen LogP contribution >= 0.6 is 11.3 Å². The lowest BCUT2D eigenvalue weighted by Crippen LogP contribution is -2.24. The molecule has 0 bridgehead atoms. The zero-order valence-electron chi connectivity index (χ0n) is 31.2. The highest BCUT2D eigenvalue weighted by Crippen LogP contribution is 2.36. The minimum Gasteiger partial charge on any atom is -0.489 e. The number of aryl methyl sites for hydroxylation is 2. The Morgan fingerprint density at radius 3 is 2.45 bits per heavy atom. The van der Waals surface area contributed by atoms with Crippen molar-refractivity contribution < 1.29 is 32.1 Å². The Morgan fingerprint density at radius 1 is 0.875 bits per heavy atom. The highest BCUT2D eigenvalue weighted by atomic mass is 32.1. The lowest BCUT2D eigenvalue weighted by molar-refractivity contribution is -0.140. The maximum Gasteiger partial charge on any atom is 0.419 e. The predicted octanol–water partition coefficient (Wildman–Crippen LogP) is 8.96. The molecule has 4 aromatic carbocycles. The van der Waals surface area contributed by atoms with E-state index in [0.29, 0.717) is 55.4 Å². The Bertz CT molecular complexity index is 2320. The van der Waals surface area contributed by atoms with Gasteiger partial charge in [0.25, 0.3) is 0 Å². The van der Waals surface area contributed by atoms with E-state index in [0.717, 1.165) is 18.7 Å². The molecule has 0 saturated heterocycles. The van der Waals surface area contributed by atoms with Gasteiger partial charge >= 0.3 is 6.18 Å². The van der Waals surface area contributed by atoms with E-state index >= 15 is 0 Å². The van der Waals surface area contributed by atoms with Gasteiger partial charge in [0, 0.05) is 89.5 Å². The highest BCUT2D eigenvalue weighted by Gasteiger charge is 2.34. The molecule has 0 aliphatic rings. The highest BCUT2D eigenvalue weighted by molar-refractivity contribution is 7.13. The van der Waals surface area contributed by atoms with Gasteiger partial charge in [-0.25, -0.2) is 4.39 Å². The summed E-state index contributed by atoms with van der Waals surface area (Å²) in [6.07, 6.45) is -1.86. The summed E-state index contributed by atoms with van der Waals surface area (Å²) >= 11 is 1.77. The van der Waals surface area contributed by atoms with Crippen LogP contribution < -0.4 is 25.4 Å². The van der Waals surface area contributed by atoms with Crippen LogP contribution in [0.5, 0.6) is 11.5 Å². The molecule has 0 radical (unpaired) electrons. The first-order valence-electron chi connectivity index (χ1n) is 18.4. The number of hydrogen-bond acceptors (Lipinski definition) is 8. The molecule has 13 heteroatoms. The summed E-state index contributed by atoms with van der Waals surface area (Å²) in [7, 11) is 0. The average molecular weight is 788 g/mol. The van der Waals surface area contributed by atoms with E-state index < -0.39 is 17.6 Å². The molecule has 294 valence electrons. The van der Waals surface area contributed by atoms with Crippen LogP contribution in [0.25, 0.3) is 32.2 Å². The van der Waals surface area contributed by atoms with Crippen LogP contribution in [-0.2, 0) is 32.4 Å². The van der Waals surface area contributed by atoms with E-state index in [2.05, 4.69) is 82.2 Å². The van der Waals surface area contributed by atoms with Gasteiger partial charge in [-0.05, 0) is 96.1 Å². The first kappa shape index (κ1) is 40.5. The van der Waals surface area contributed by atoms with Crippen LogP contribution in [0.4, 0.5) is 17.6 Å².